The Morgan fingerprint density at radius 3 is 2.65 bits per heavy atom. The van der Waals surface area contributed by atoms with Gasteiger partial charge in [-0.25, -0.2) is 4.79 Å². The van der Waals surface area contributed by atoms with Crippen LogP contribution in [0.2, 0.25) is 0 Å². The lowest BCUT2D eigenvalue weighted by atomic mass is 10.1. The van der Waals surface area contributed by atoms with Crippen molar-refractivity contribution in [2.75, 3.05) is 19.8 Å². The van der Waals surface area contributed by atoms with Crippen LogP contribution in [0.1, 0.15) is 30.5 Å². The number of hydrogen-bond donors (Lipinski definition) is 0. The number of amides is 2. The Hall–Kier alpha value is -3.29. The number of nitriles is 1. The molecule has 0 saturated carbocycles. The van der Waals surface area contributed by atoms with Crippen molar-refractivity contribution in [2.24, 2.45) is 0 Å². The van der Waals surface area contributed by atoms with Crippen molar-refractivity contribution < 1.29 is 28.6 Å². The molecule has 1 aliphatic heterocycles. The van der Waals surface area contributed by atoms with Gasteiger partial charge < -0.3 is 14.2 Å². The second-order valence-electron chi connectivity index (χ2n) is 6.89. The number of ether oxygens (including phenoxy) is 3. The zero-order chi connectivity index (χ0) is 24.7. The summed E-state index contributed by atoms with van der Waals surface area (Å²) in [5, 5.41) is 8.86. The number of carbonyl (C=O) groups excluding carboxylic acids is 3. The first-order chi connectivity index (χ1) is 16.4. The molecule has 0 aromatic heterocycles. The van der Waals surface area contributed by atoms with E-state index >= 15 is 0 Å². The number of rotatable bonds is 9. The summed E-state index contributed by atoms with van der Waals surface area (Å²) in [7, 11) is 0. The van der Waals surface area contributed by atoms with Gasteiger partial charge in [0.25, 0.3) is 11.1 Å². The van der Waals surface area contributed by atoms with Crippen LogP contribution in [-0.2, 0) is 20.9 Å². The number of nitrogens with zero attached hydrogens (tertiary/aromatic N) is 2. The van der Waals surface area contributed by atoms with Crippen molar-refractivity contribution in [1.82, 2.24) is 4.90 Å². The Bertz CT molecular complexity index is 1190. The highest BCUT2D eigenvalue weighted by atomic mass is 79.9. The number of imide groups is 1. The van der Waals surface area contributed by atoms with Gasteiger partial charge in [-0.2, -0.15) is 5.26 Å². The fourth-order valence-corrected chi connectivity index (χ4v) is 4.55. The van der Waals surface area contributed by atoms with Crippen LogP contribution < -0.4 is 9.47 Å². The summed E-state index contributed by atoms with van der Waals surface area (Å²) < 4.78 is 16.6. The molecule has 1 fully saturated rings. The minimum Gasteiger partial charge on any atom is -0.490 e. The Morgan fingerprint density at radius 1 is 1.18 bits per heavy atom. The van der Waals surface area contributed by atoms with Gasteiger partial charge in [-0.05, 0) is 76.9 Å². The normalized spacial score (nSPS) is 14.3. The average Bonchev–Trinajstić information content (AvgIpc) is 3.06. The standard InChI is InChI=1S/C24H21BrN2O6S/c1-3-31-19-10-15(9-18(25)22(19)33-14-21(28)32-4-2)11-20-23(29)27(24(30)34-20)13-17-8-6-5-7-16(17)12-26/h5-11H,3-4,13-14H2,1-2H3/b20-11+. The third-order valence-corrected chi connectivity index (χ3v) is 6.11. The molecule has 34 heavy (non-hydrogen) atoms. The lowest BCUT2D eigenvalue weighted by Crippen LogP contribution is -2.27. The van der Waals surface area contributed by atoms with Gasteiger partial charge in [-0.3, -0.25) is 14.5 Å². The van der Waals surface area contributed by atoms with Gasteiger partial charge >= 0.3 is 5.97 Å². The van der Waals surface area contributed by atoms with Crippen molar-refractivity contribution in [3.05, 3.63) is 62.5 Å². The van der Waals surface area contributed by atoms with Crippen LogP contribution in [0.3, 0.4) is 0 Å². The first kappa shape index (κ1) is 25.3. The highest BCUT2D eigenvalue weighted by molar-refractivity contribution is 9.10. The number of hydrogen-bond acceptors (Lipinski definition) is 8. The second-order valence-corrected chi connectivity index (χ2v) is 8.74. The molecular weight excluding hydrogens is 524 g/mol. The third kappa shape index (κ3) is 5.98. The summed E-state index contributed by atoms with van der Waals surface area (Å²) in [6, 6.07) is 12.3. The number of thioether (sulfide) groups is 1. The van der Waals surface area contributed by atoms with Crippen molar-refractivity contribution in [3.8, 4) is 17.6 Å². The minimum absolute atomic E-state index is 0.0142. The summed E-state index contributed by atoms with van der Waals surface area (Å²) >= 11 is 4.24. The number of carbonyl (C=O) groups is 3. The zero-order valence-electron chi connectivity index (χ0n) is 18.5. The molecule has 1 heterocycles. The van der Waals surface area contributed by atoms with Crippen molar-refractivity contribution in [1.29, 1.82) is 5.26 Å². The Kier molecular flexibility index (Phi) is 8.73. The number of benzene rings is 2. The minimum atomic E-state index is -0.507. The van der Waals surface area contributed by atoms with E-state index < -0.39 is 17.1 Å². The molecule has 0 aliphatic carbocycles. The van der Waals surface area contributed by atoms with E-state index in [0.29, 0.717) is 39.3 Å². The molecule has 1 aliphatic rings. The van der Waals surface area contributed by atoms with Crippen LogP contribution >= 0.6 is 27.7 Å². The molecule has 3 rings (SSSR count). The van der Waals surface area contributed by atoms with Crippen LogP contribution in [0.15, 0.2) is 45.8 Å². The quantitative estimate of drug-likeness (QED) is 0.324. The summed E-state index contributed by atoms with van der Waals surface area (Å²) in [5.41, 5.74) is 1.61. The predicted molar refractivity (Wildman–Crippen MR) is 130 cm³/mol. The lowest BCUT2D eigenvalue weighted by Gasteiger charge is -2.14. The van der Waals surface area contributed by atoms with Gasteiger partial charge in [-0.15, -0.1) is 0 Å². The molecule has 176 valence electrons. The van der Waals surface area contributed by atoms with Gasteiger partial charge in [0.05, 0.1) is 40.8 Å². The van der Waals surface area contributed by atoms with Gasteiger partial charge in [0.15, 0.2) is 18.1 Å². The number of esters is 1. The molecule has 10 heteroatoms. The average molecular weight is 545 g/mol. The molecule has 0 unspecified atom stereocenters. The van der Waals surface area contributed by atoms with E-state index in [1.54, 1.807) is 56.3 Å². The predicted octanol–water partition coefficient (Wildman–Crippen LogP) is 4.90. The molecule has 0 bridgehead atoms. The van der Waals surface area contributed by atoms with Crippen LogP contribution in [0.5, 0.6) is 11.5 Å². The first-order valence-corrected chi connectivity index (χ1v) is 12.0. The Balaban J connectivity index is 1.84. The van der Waals surface area contributed by atoms with Crippen LogP contribution in [0, 0.1) is 11.3 Å². The van der Waals surface area contributed by atoms with E-state index in [9.17, 15) is 19.6 Å². The maximum absolute atomic E-state index is 12.9. The molecule has 0 spiro atoms. The lowest BCUT2D eigenvalue weighted by molar-refractivity contribution is -0.145. The summed E-state index contributed by atoms with van der Waals surface area (Å²) in [6.07, 6.45) is 1.59. The molecule has 1 saturated heterocycles. The van der Waals surface area contributed by atoms with Crippen LogP contribution in [-0.4, -0.2) is 41.8 Å². The Morgan fingerprint density at radius 2 is 1.94 bits per heavy atom. The molecule has 0 N–H and O–H groups in total. The molecule has 2 aromatic carbocycles. The second kappa shape index (κ2) is 11.7. The number of halogens is 1. The highest BCUT2D eigenvalue weighted by Gasteiger charge is 2.35. The smallest absolute Gasteiger partial charge is 0.344 e. The third-order valence-electron chi connectivity index (χ3n) is 4.61. The maximum atomic E-state index is 12.9. The maximum Gasteiger partial charge on any atom is 0.344 e. The van der Waals surface area contributed by atoms with Crippen LogP contribution in [0.4, 0.5) is 4.79 Å². The van der Waals surface area contributed by atoms with Crippen LogP contribution in [0.25, 0.3) is 6.08 Å². The molecule has 8 nitrogen and oxygen atoms in total. The largest absolute Gasteiger partial charge is 0.490 e. The van der Waals surface area contributed by atoms with Crippen molar-refractivity contribution in [3.63, 3.8) is 0 Å². The van der Waals surface area contributed by atoms with E-state index in [2.05, 4.69) is 22.0 Å². The van der Waals surface area contributed by atoms with Crippen molar-refractivity contribution in [2.45, 2.75) is 20.4 Å². The summed E-state index contributed by atoms with van der Waals surface area (Å²) in [5.74, 6) is -0.255. The van der Waals surface area contributed by atoms with Crippen molar-refractivity contribution >= 4 is 50.9 Å². The van der Waals surface area contributed by atoms with Gasteiger partial charge in [0, 0.05) is 0 Å². The van der Waals surface area contributed by atoms with E-state index in [1.165, 1.54) is 0 Å². The summed E-state index contributed by atoms with van der Waals surface area (Å²) in [6.45, 7) is 3.84. The van der Waals surface area contributed by atoms with Gasteiger partial charge in [0.1, 0.15) is 0 Å². The van der Waals surface area contributed by atoms with E-state index in [-0.39, 0.29) is 24.7 Å². The Labute approximate surface area is 209 Å². The molecule has 0 atom stereocenters. The fourth-order valence-electron chi connectivity index (χ4n) is 3.13. The highest BCUT2D eigenvalue weighted by Crippen LogP contribution is 2.39. The van der Waals surface area contributed by atoms with Gasteiger partial charge in [0.2, 0.25) is 0 Å². The fraction of sp³-hybridized carbons (Fsp3) is 0.250. The molecular formula is C24H21BrN2O6S. The molecule has 2 amide bonds. The van der Waals surface area contributed by atoms with E-state index in [4.69, 9.17) is 14.2 Å². The van der Waals surface area contributed by atoms with E-state index in [0.717, 1.165) is 16.7 Å². The summed E-state index contributed by atoms with van der Waals surface area (Å²) in [4.78, 5) is 38.5. The van der Waals surface area contributed by atoms with Gasteiger partial charge in [-0.1, -0.05) is 18.2 Å². The molecule has 2 aromatic rings. The monoisotopic (exact) mass is 544 g/mol. The zero-order valence-corrected chi connectivity index (χ0v) is 20.9. The topological polar surface area (TPSA) is 106 Å². The SMILES string of the molecule is CCOC(=O)COc1c(Br)cc(/C=C2/SC(=O)N(Cc3ccccc3C#N)C2=O)cc1OCC. The van der Waals surface area contributed by atoms with E-state index in [1.807, 2.05) is 0 Å². The first-order valence-electron chi connectivity index (χ1n) is 10.4. The molecule has 0 radical (unpaired) electrons.